The van der Waals surface area contributed by atoms with Crippen molar-refractivity contribution >= 4 is 17.4 Å². The van der Waals surface area contributed by atoms with Crippen molar-refractivity contribution in [2.24, 2.45) is 0 Å². The average molecular weight is 427 g/mol. The second-order valence-electron chi connectivity index (χ2n) is 9.09. The summed E-state index contributed by atoms with van der Waals surface area (Å²) >= 11 is 0. The molecule has 1 fully saturated rings. The molecule has 2 aromatic rings. The van der Waals surface area contributed by atoms with Crippen LogP contribution in [0.1, 0.15) is 51.3 Å². The third kappa shape index (κ3) is 5.63. The summed E-state index contributed by atoms with van der Waals surface area (Å²) in [5, 5.41) is 3.03. The van der Waals surface area contributed by atoms with Gasteiger partial charge in [0.05, 0.1) is 13.2 Å². The lowest BCUT2D eigenvalue weighted by molar-refractivity contribution is -0.861. The maximum Gasteiger partial charge on any atom is 0.279 e. The van der Waals surface area contributed by atoms with Crippen LogP contribution in [0.5, 0.6) is 0 Å². The van der Waals surface area contributed by atoms with Crippen molar-refractivity contribution in [3.63, 3.8) is 0 Å². The minimum atomic E-state index is -0.0794. The molecule has 1 unspecified atom stereocenters. The molecule has 0 saturated carbocycles. The topological polar surface area (TPSA) is 64.8 Å². The number of Topliss-reactive ketones (excluding diaryl/α,β-unsaturated/α-hetero) is 1. The van der Waals surface area contributed by atoms with Gasteiger partial charge in [-0.25, -0.2) is 0 Å². The largest absolute Gasteiger partial charge is 0.376 e. The lowest BCUT2D eigenvalue weighted by atomic mass is 10.1. The normalized spacial score (nSPS) is 17.0. The van der Waals surface area contributed by atoms with Crippen LogP contribution in [-0.2, 0) is 16.1 Å². The number of aromatic nitrogens is 1. The van der Waals surface area contributed by atoms with Crippen molar-refractivity contribution in [3.8, 4) is 0 Å². The molecule has 0 aliphatic carbocycles. The van der Waals surface area contributed by atoms with Crippen molar-refractivity contribution in [2.75, 3.05) is 32.1 Å². The lowest BCUT2D eigenvalue weighted by Crippen LogP contribution is -3.11. The summed E-state index contributed by atoms with van der Waals surface area (Å²) in [5.74, 6) is -0.0103. The zero-order valence-electron chi connectivity index (χ0n) is 19.7. The molecule has 6 nitrogen and oxygen atoms in total. The van der Waals surface area contributed by atoms with Crippen LogP contribution in [0.4, 0.5) is 5.69 Å². The van der Waals surface area contributed by atoms with E-state index >= 15 is 0 Å². The van der Waals surface area contributed by atoms with Gasteiger partial charge in [-0.3, -0.25) is 9.59 Å². The number of hydrogen-bond acceptors (Lipinski definition) is 3. The quantitative estimate of drug-likeness (QED) is 0.638. The van der Waals surface area contributed by atoms with E-state index in [2.05, 4.69) is 22.0 Å². The smallest absolute Gasteiger partial charge is 0.279 e. The van der Waals surface area contributed by atoms with E-state index < -0.39 is 0 Å². The van der Waals surface area contributed by atoms with Crippen LogP contribution in [0.25, 0.3) is 0 Å². The predicted molar refractivity (Wildman–Crippen MR) is 123 cm³/mol. The molecule has 6 heteroatoms. The molecule has 2 heterocycles. The monoisotopic (exact) mass is 426 g/mol. The van der Waals surface area contributed by atoms with Gasteiger partial charge in [-0.1, -0.05) is 17.7 Å². The first kappa shape index (κ1) is 23.2. The van der Waals surface area contributed by atoms with Gasteiger partial charge in [0.1, 0.15) is 6.54 Å². The van der Waals surface area contributed by atoms with Crippen molar-refractivity contribution in [1.29, 1.82) is 0 Å². The Morgan fingerprint density at radius 3 is 2.39 bits per heavy atom. The average Bonchev–Trinajstić information content (AvgIpc) is 3.28. The number of aryl methyl sites for hydroxylation is 4. The van der Waals surface area contributed by atoms with E-state index in [1.54, 1.807) is 0 Å². The fourth-order valence-electron chi connectivity index (χ4n) is 4.62. The molecule has 3 rings (SSSR count). The highest BCUT2D eigenvalue weighted by Gasteiger charge is 2.23. The Morgan fingerprint density at radius 1 is 1.10 bits per heavy atom. The van der Waals surface area contributed by atoms with E-state index in [9.17, 15) is 9.59 Å². The number of likely N-dealkylation sites (N-methyl/N-ethyl adjacent to an activating group) is 1. The SMILES string of the molecule is Cc1cc(C)c(NC(=O)C[NH+](C)CC(=O)c2cc(C)n(C[C@H]3CCCO3)c2C)c(C)c1. The van der Waals surface area contributed by atoms with Crippen LogP contribution in [0.2, 0.25) is 0 Å². The minimum absolute atomic E-state index is 0.0692. The number of ether oxygens (including phenoxy) is 1. The highest BCUT2D eigenvalue weighted by atomic mass is 16.5. The maximum absolute atomic E-state index is 13.0. The van der Waals surface area contributed by atoms with E-state index in [4.69, 9.17) is 4.74 Å². The van der Waals surface area contributed by atoms with Gasteiger partial charge in [-0.05, 0) is 64.7 Å². The molecule has 2 atom stereocenters. The lowest BCUT2D eigenvalue weighted by Gasteiger charge is -2.16. The molecule has 1 aliphatic rings. The van der Waals surface area contributed by atoms with Gasteiger partial charge in [0.15, 0.2) is 6.54 Å². The second kappa shape index (κ2) is 9.79. The van der Waals surface area contributed by atoms with Crippen LogP contribution in [0.15, 0.2) is 18.2 Å². The number of hydrogen-bond donors (Lipinski definition) is 2. The van der Waals surface area contributed by atoms with Crippen molar-refractivity contribution < 1.29 is 19.2 Å². The van der Waals surface area contributed by atoms with Crippen LogP contribution < -0.4 is 10.2 Å². The van der Waals surface area contributed by atoms with E-state index in [-0.39, 0.29) is 30.9 Å². The molecule has 0 spiro atoms. The van der Waals surface area contributed by atoms with Gasteiger partial charge in [-0.2, -0.15) is 0 Å². The molecule has 168 valence electrons. The summed E-state index contributed by atoms with van der Waals surface area (Å²) in [5.41, 5.74) is 6.97. The van der Waals surface area contributed by atoms with Crippen LogP contribution in [-0.4, -0.2) is 49.1 Å². The van der Waals surface area contributed by atoms with Crippen LogP contribution in [0, 0.1) is 34.6 Å². The Labute approximate surface area is 185 Å². The summed E-state index contributed by atoms with van der Waals surface area (Å²) in [6, 6.07) is 6.10. The maximum atomic E-state index is 13.0. The highest BCUT2D eigenvalue weighted by molar-refractivity contribution is 5.98. The number of carbonyl (C=O) groups excluding carboxylic acids is 2. The first-order valence-corrected chi connectivity index (χ1v) is 11.2. The van der Waals surface area contributed by atoms with Crippen LogP contribution >= 0.6 is 0 Å². The van der Waals surface area contributed by atoms with E-state index in [0.717, 1.165) is 64.7 Å². The first-order chi connectivity index (χ1) is 14.7. The van der Waals surface area contributed by atoms with Gasteiger partial charge in [0, 0.05) is 35.8 Å². The van der Waals surface area contributed by atoms with Crippen molar-refractivity contribution in [3.05, 3.63) is 51.8 Å². The zero-order chi connectivity index (χ0) is 22.7. The Morgan fingerprint density at radius 2 is 1.77 bits per heavy atom. The molecule has 0 bridgehead atoms. The molecule has 31 heavy (non-hydrogen) atoms. The molecular formula is C25H36N3O3+. The summed E-state index contributed by atoms with van der Waals surface area (Å²) in [7, 11) is 1.89. The summed E-state index contributed by atoms with van der Waals surface area (Å²) < 4.78 is 7.95. The molecule has 0 radical (unpaired) electrons. The van der Waals surface area contributed by atoms with Gasteiger partial charge in [-0.15, -0.1) is 0 Å². The van der Waals surface area contributed by atoms with E-state index in [1.165, 1.54) is 5.56 Å². The number of quaternary nitrogens is 1. The number of nitrogens with zero attached hydrogens (tertiary/aromatic N) is 1. The molecule has 1 saturated heterocycles. The molecular weight excluding hydrogens is 390 g/mol. The molecule has 1 aliphatic heterocycles. The Bertz CT molecular complexity index is 948. The molecule has 1 aromatic carbocycles. The molecule has 1 aromatic heterocycles. The van der Waals surface area contributed by atoms with Gasteiger partial charge in [0.2, 0.25) is 5.78 Å². The number of ketones is 1. The fraction of sp³-hybridized carbons (Fsp3) is 0.520. The first-order valence-electron chi connectivity index (χ1n) is 11.2. The second-order valence-corrected chi connectivity index (χ2v) is 9.09. The van der Waals surface area contributed by atoms with Gasteiger partial charge in [0.25, 0.3) is 5.91 Å². The van der Waals surface area contributed by atoms with E-state index in [0.29, 0.717) is 0 Å². The number of benzene rings is 1. The van der Waals surface area contributed by atoms with Gasteiger partial charge < -0.3 is 19.5 Å². The zero-order valence-corrected chi connectivity index (χ0v) is 19.7. The number of nitrogens with one attached hydrogen (secondary N) is 2. The number of amides is 1. The molecule has 2 N–H and O–H groups in total. The van der Waals surface area contributed by atoms with Crippen molar-refractivity contribution in [1.82, 2.24) is 4.57 Å². The Hall–Kier alpha value is -2.44. The Kier molecular flexibility index (Phi) is 7.34. The fourth-order valence-corrected chi connectivity index (χ4v) is 4.62. The third-order valence-corrected chi connectivity index (χ3v) is 6.15. The van der Waals surface area contributed by atoms with E-state index in [1.807, 2.05) is 47.7 Å². The Balaban J connectivity index is 1.60. The third-order valence-electron chi connectivity index (χ3n) is 6.15. The highest BCUT2D eigenvalue weighted by Crippen LogP contribution is 2.22. The van der Waals surface area contributed by atoms with Crippen LogP contribution in [0.3, 0.4) is 0 Å². The summed E-state index contributed by atoms with van der Waals surface area (Å²) in [4.78, 5) is 26.4. The minimum Gasteiger partial charge on any atom is -0.376 e. The molecule has 1 amide bonds. The van der Waals surface area contributed by atoms with Gasteiger partial charge >= 0.3 is 0 Å². The number of rotatable bonds is 8. The predicted octanol–water partition coefficient (Wildman–Crippen LogP) is 2.55. The number of anilines is 1. The van der Waals surface area contributed by atoms with Crippen molar-refractivity contribution in [2.45, 2.75) is 60.1 Å². The summed E-state index contributed by atoms with van der Waals surface area (Å²) in [6.45, 7) is 12.2. The number of carbonyl (C=O) groups is 2. The standard InChI is InChI=1S/C25H35N3O3/c1-16-10-17(2)25(18(3)11-16)26-24(30)15-27(6)14-23(29)22-12-19(4)28(20(22)5)13-21-8-7-9-31-21/h10-12,21H,7-9,13-15H2,1-6H3,(H,26,30)/p+1/t21-/m1/s1. The summed E-state index contributed by atoms with van der Waals surface area (Å²) in [6.07, 6.45) is 2.41.